The van der Waals surface area contributed by atoms with Crippen LogP contribution >= 0.6 is 11.6 Å². The zero-order valence-corrected chi connectivity index (χ0v) is 16.4. The summed E-state index contributed by atoms with van der Waals surface area (Å²) < 4.78 is 56.5. The minimum atomic E-state index is -3.92. The topological polar surface area (TPSA) is 67.8 Å². The normalized spacial score (nSPS) is 11.6. The van der Waals surface area contributed by atoms with Crippen LogP contribution in [-0.4, -0.2) is 14.6 Å². The van der Waals surface area contributed by atoms with Gasteiger partial charge in [-0.1, -0.05) is 29.8 Å². The summed E-state index contributed by atoms with van der Waals surface area (Å²) in [7, 11) is -3.92. The van der Waals surface area contributed by atoms with Gasteiger partial charge in [-0.3, -0.25) is 0 Å². The van der Waals surface area contributed by atoms with Gasteiger partial charge < -0.3 is 4.74 Å². The predicted octanol–water partition coefficient (Wildman–Crippen LogP) is 4.51. The van der Waals surface area contributed by atoms with Crippen LogP contribution in [0.15, 0.2) is 76.7 Å². The molecule has 5 nitrogen and oxygen atoms in total. The number of hydrogen-bond acceptors (Lipinski definition) is 4. The van der Waals surface area contributed by atoms with Gasteiger partial charge in [-0.15, -0.1) is 0 Å². The maximum atomic E-state index is 13.8. The molecule has 1 N–H and O–H groups in total. The fourth-order valence-electron chi connectivity index (χ4n) is 2.35. The highest BCUT2D eigenvalue weighted by atomic mass is 35.5. The van der Waals surface area contributed by atoms with Gasteiger partial charge in [0.25, 0.3) is 10.0 Å². The second-order valence-electron chi connectivity index (χ2n) is 5.87. The SMILES string of the molecule is O=S(=O)(N/N=C/c1cccc(OCc2c(F)cccc2Cl)c1)c1ccc(F)cc1. The molecule has 0 heterocycles. The van der Waals surface area contributed by atoms with Crippen LogP contribution in [0.2, 0.25) is 5.02 Å². The maximum Gasteiger partial charge on any atom is 0.276 e. The number of halogens is 3. The Balaban J connectivity index is 1.65. The first-order valence-corrected chi connectivity index (χ1v) is 10.2. The van der Waals surface area contributed by atoms with Crippen molar-refractivity contribution in [3.8, 4) is 5.75 Å². The van der Waals surface area contributed by atoms with Crippen LogP contribution in [0.25, 0.3) is 0 Å². The van der Waals surface area contributed by atoms with Crippen LogP contribution in [0, 0.1) is 11.6 Å². The van der Waals surface area contributed by atoms with Crippen molar-refractivity contribution in [1.82, 2.24) is 4.83 Å². The molecule has 29 heavy (non-hydrogen) atoms. The molecule has 0 atom stereocenters. The summed E-state index contributed by atoms with van der Waals surface area (Å²) in [5, 5.41) is 3.97. The lowest BCUT2D eigenvalue weighted by Crippen LogP contribution is -2.18. The van der Waals surface area contributed by atoms with E-state index in [1.807, 2.05) is 4.83 Å². The first-order chi connectivity index (χ1) is 13.8. The van der Waals surface area contributed by atoms with Crippen LogP contribution < -0.4 is 9.57 Å². The van der Waals surface area contributed by atoms with Crippen molar-refractivity contribution in [2.24, 2.45) is 5.10 Å². The van der Waals surface area contributed by atoms with E-state index in [-0.39, 0.29) is 22.1 Å². The van der Waals surface area contributed by atoms with Crippen molar-refractivity contribution in [1.29, 1.82) is 0 Å². The number of ether oxygens (including phenoxy) is 1. The van der Waals surface area contributed by atoms with Crippen LogP contribution in [-0.2, 0) is 16.6 Å². The van der Waals surface area contributed by atoms with Gasteiger partial charge in [-0.05, 0) is 54.1 Å². The first kappa shape index (κ1) is 20.8. The minimum absolute atomic E-state index is 0.0662. The van der Waals surface area contributed by atoms with Crippen molar-refractivity contribution in [3.05, 3.63) is 94.5 Å². The van der Waals surface area contributed by atoms with E-state index in [1.54, 1.807) is 30.3 Å². The van der Waals surface area contributed by atoms with E-state index in [0.29, 0.717) is 11.3 Å². The molecule has 0 fully saturated rings. The third-order valence-electron chi connectivity index (χ3n) is 3.81. The molecule has 0 aromatic heterocycles. The Morgan fingerprint density at radius 2 is 1.76 bits per heavy atom. The zero-order valence-electron chi connectivity index (χ0n) is 14.8. The van der Waals surface area contributed by atoms with Crippen LogP contribution in [0.3, 0.4) is 0 Å². The predicted molar refractivity (Wildman–Crippen MR) is 106 cm³/mol. The van der Waals surface area contributed by atoms with E-state index in [1.165, 1.54) is 18.3 Å². The van der Waals surface area contributed by atoms with Crippen molar-refractivity contribution >= 4 is 27.8 Å². The Bertz CT molecular complexity index is 1120. The molecule has 0 amide bonds. The molecule has 0 aliphatic carbocycles. The van der Waals surface area contributed by atoms with Crippen molar-refractivity contribution < 1.29 is 21.9 Å². The molecule has 3 aromatic rings. The third kappa shape index (κ3) is 5.52. The number of hydrazone groups is 1. The number of hydrogen-bond donors (Lipinski definition) is 1. The second-order valence-corrected chi connectivity index (χ2v) is 7.94. The van der Waals surface area contributed by atoms with Gasteiger partial charge in [0.15, 0.2) is 0 Å². The quantitative estimate of drug-likeness (QED) is 0.437. The van der Waals surface area contributed by atoms with E-state index in [0.717, 1.165) is 24.3 Å². The number of sulfonamides is 1. The smallest absolute Gasteiger partial charge is 0.276 e. The van der Waals surface area contributed by atoms with Gasteiger partial charge in [-0.2, -0.15) is 13.5 Å². The van der Waals surface area contributed by atoms with E-state index >= 15 is 0 Å². The Morgan fingerprint density at radius 1 is 1.03 bits per heavy atom. The van der Waals surface area contributed by atoms with Crippen LogP contribution in [0.1, 0.15) is 11.1 Å². The summed E-state index contributed by atoms with van der Waals surface area (Å²) in [5.74, 6) is -0.582. The van der Waals surface area contributed by atoms with Crippen molar-refractivity contribution in [2.75, 3.05) is 0 Å². The number of benzene rings is 3. The number of nitrogens with zero attached hydrogens (tertiary/aromatic N) is 1. The molecule has 0 radical (unpaired) electrons. The fourth-order valence-corrected chi connectivity index (χ4v) is 3.36. The summed E-state index contributed by atoms with van der Waals surface area (Å²) in [4.78, 5) is 1.93. The fraction of sp³-hybridized carbons (Fsp3) is 0.0500. The van der Waals surface area contributed by atoms with Gasteiger partial charge in [0.1, 0.15) is 24.0 Å². The number of nitrogens with one attached hydrogen (secondary N) is 1. The molecule has 0 spiro atoms. The maximum absolute atomic E-state index is 13.8. The lowest BCUT2D eigenvalue weighted by atomic mass is 10.2. The standard InChI is InChI=1S/C20H15ClF2N2O3S/c21-19-5-2-6-20(23)18(19)13-28-16-4-1-3-14(11-16)12-24-25-29(26,27)17-9-7-15(22)8-10-17/h1-12,25H,13H2/b24-12+. The molecule has 0 aliphatic rings. The zero-order chi connectivity index (χ0) is 20.9. The molecule has 0 unspecified atom stereocenters. The van der Waals surface area contributed by atoms with Crippen LogP contribution in [0.5, 0.6) is 5.75 Å². The largest absolute Gasteiger partial charge is 0.489 e. The average Bonchev–Trinajstić information content (AvgIpc) is 2.68. The highest BCUT2D eigenvalue weighted by Gasteiger charge is 2.12. The molecule has 3 aromatic carbocycles. The highest BCUT2D eigenvalue weighted by Crippen LogP contribution is 2.21. The summed E-state index contributed by atoms with van der Waals surface area (Å²) in [5.41, 5.74) is 0.782. The molecule has 150 valence electrons. The van der Waals surface area contributed by atoms with E-state index in [9.17, 15) is 17.2 Å². The number of rotatable bonds is 7. The molecule has 0 saturated heterocycles. The minimum Gasteiger partial charge on any atom is -0.489 e. The summed E-state index contributed by atoms with van der Waals surface area (Å²) >= 11 is 5.97. The Hall–Kier alpha value is -2.97. The average molecular weight is 437 g/mol. The molecular weight excluding hydrogens is 422 g/mol. The molecule has 0 bridgehead atoms. The van der Waals surface area contributed by atoms with E-state index in [2.05, 4.69) is 5.10 Å². The van der Waals surface area contributed by atoms with Crippen LogP contribution in [0.4, 0.5) is 8.78 Å². The Labute approximate surface area is 171 Å². The van der Waals surface area contributed by atoms with Gasteiger partial charge in [0.05, 0.1) is 16.1 Å². The molecule has 0 saturated carbocycles. The molecule has 0 aliphatic heterocycles. The summed E-state index contributed by atoms with van der Waals surface area (Å²) in [6, 6.07) is 15.3. The van der Waals surface area contributed by atoms with Crippen molar-refractivity contribution in [2.45, 2.75) is 11.5 Å². The molecular formula is C20H15ClF2N2O3S. The summed E-state index contributed by atoms with van der Waals surface area (Å²) in [6.07, 6.45) is 1.28. The van der Waals surface area contributed by atoms with Crippen molar-refractivity contribution in [3.63, 3.8) is 0 Å². The first-order valence-electron chi connectivity index (χ1n) is 8.31. The monoisotopic (exact) mass is 436 g/mol. The van der Waals surface area contributed by atoms with Gasteiger partial charge >= 0.3 is 0 Å². The third-order valence-corrected chi connectivity index (χ3v) is 5.41. The van der Waals surface area contributed by atoms with Gasteiger partial charge in [0.2, 0.25) is 0 Å². The second kappa shape index (κ2) is 9.02. The van der Waals surface area contributed by atoms with Gasteiger partial charge in [-0.25, -0.2) is 13.6 Å². The Kier molecular flexibility index (Phi) is 6.46. The highest BCUT2D eigenvalue weighted by molar-refractivity contribution is 7.89. The molecule has 3 rings (SSSR count). The Morgan fingerprint density at radius 3 is 2.48 bits per heavy atom. The lowest BCUT2D eigenvalue weighted by Gasteiger charge is -2.09. The van der Waals surface area contributed by atoms with E-state index in [4.69, 9.17) is 16.3 Å². The summed E-state index contributed by atoms with van der Waals surface area (Å²) in [6.45, 7) is -0.0662. The molecule has 9 heteroatoms. The lowest BCUT2D eigenvalue weighted by molar-refractivity contribution is 0.300. The van der Waals surface area contributed by atoms with Gasteiger partial charge in [0, 0.05) is 5.56 Å². The van der Waals surface area contributed by atoms with E-state index < -0.39 is 21.7 Å².